The van der Waals surface area contributed by atoms with E-state index in [4.69, 9.17) is 4.84 Å². The fourth-order valence-corrected chi connectivity index (χ4v) is 2.61. The Balaban J connectivity index is 1.84. The summed E-state index contributed by atoms with van der Waals surface area (Å²) in [7, 11) is 0. The first-order valence-corrected chi connectivity index (χ1v) is 6.15. The van der Waals surface area contributed by atoms with Crippen LogP contribution in [0.2, 0.25) is 0 Å². The van der Waals surface area contributed by atoms with Crippen molar-refractivity contribution in [3.05, 3.63) is 21.9 Å². The number of carbonyl (C=O) groups excluding carboxylic acids is 1. The fourth-order valence-electron chi connectivity index (χ4n) is 1.79. The lowest BCUT2D eigenvalue weighted by molar-refractivity contribution is -0.0122. The van der Waals surface area contributed by atoms with Gasteiger partial charge in [0.15, 0.2) is 0 Å². The second-order valence-electron chi connectivity index (χ2n) is 3.89. The Hall–Kier alpha value is -0.870. The Kier molecular flexibility index (Phi) is 3.38. The third-order valence-corrected chi connectivity index (χ3v) is 3.70. The van der Waals surface area contributed by atoms with Crippen LogP contribution in [-0.4, -0.2) is 12.0 Å². The average Bonchev–Trinajstić information content (AvgIpc) is 2.84. The Morgan fingerprint density at radius 1 is 1.53 bits per heavy atom. The van der Waals surface area contributed by atoms with Crippen LogP contribution < -0.4 is 5.48 Å². The monoisotopic (exact) mass is 225 g/mol. The number of rotatable bonds is 3. The number of thiophene rings is 1. The summed E-state index contributed by atoms with van der Waals surface area (Å²) in [5.74, 6) is -0.116. The van der Waals surface area contributed by atoms with Crippen LogP contribution in [0, 0.1) is 6.92 Å². The van der Waals surface area contributed by atoms with E-state index in [2.05, 4.69) is 5.48 Å². The van der Waals surface area contributed by atoms with Crippen molar-refractivity contribution in [1.82, 2.24) is 5.48 Å². The van der Waals surface area contributed by atoms with Crippen molar-refractivity contribution >= 4 is 17.2 Å². The van der Waals surface area contributed by atoms with E-state index in [1.54, 1.807) is 0 Å². The van der Waals surface area contributed by atoms with Gasteiger partial charge in [-0.05, 0) is 36.8 Å². The van der Waals surface area contributed by atoms with E-state index in [1.807, 2.05) is 18.4 Å². The second-order valence-corrected chi connectivity index (χ2v) is 4.80. The summed E-state index contributed by atoms with van der Waals surface area (Å²) in [4.78, 5) is 17.8. The molecule has 0 radical (unpaired) electrons. The minimum Gasteiger partial charge on any atom is -0.270 e. The van der Waals surface area contributed by atoms with Crippen molar-refractivity contribution in [2.45, 2.75) is 38.7 Å². The summed E-state index contributed by atoms with van der Waals surface area (Å²) >= 11 is 1.45. The summed E-state index contributed by atoms with van der Waals surface area (Å²) in [6.07, 6.45) is 4.75. The molecule has 1 aliphatic carbocycles. The van der Waals surface area contributed by atoms with Crippen LogP contribution in [-0.2, 0) is 4.84 Å². The number of hydrogen-bond acceptors (Lipinski definition) is 3. The van der Waals surface area contributed by atoms with Gasteiger partial charge in [0.05, 0.1) is 11.0 Å². The van der Waals surface area contributed by atoms with Gasteiger partial charge in [-0.3, -0.25) is 9.63 Å². The highest BCUT2D eigenvalue weighted by Crippen LogP contribution is 2.20. The van der Waals surface area contributed by atoms with E-state index in [1.165, 1.54) is 24.2 Å². The molecule has 1 aromatic heterocycles. The Morgan fingerprint density at radius 2 is 2.27 bits per heavy atom. The Bertz CT molecular complexity index is 342. The van der Waals surface area contributed by atoms with E-state index in [-0.39, 0.29) is 12.0 Å². The molecule has 0 saturated heterocycles. The maximum Gasteiger partial charge on any atom is 0.285 e. The maximum absolute atomic E-state index is 11.7. The van der Waals surface area contributed by atoms with Crippen LogP contribution in [0.15, 0.2) is 11.4 Å². The Morgan fingerprint density at radius 3 is 2.87 bits per heavy atom. The zero-order valence-corrected chi connectivity index (χ0v) is 9.60. The van der Waals surface area contributed by atoms with Crippen molar-refractivity contribution in [2.24, 2.45) is 0 Å². The minimum atomic E-state index is -0.116. The van der Waals surface area contributed by atoms with Crippen LogP contribution in [0.1, 0.15) is 40.9 Å². The summed E-state index contributed by atoms with van der Waals surface area (Å²) in [5.41, 5.74) is 3.55. The molecule has 4 heteroatoms. The zero-order chi connectivity index (χ0) is 10.7. The van der Waals surface area contributed by atoms with Crippen molar-refractivity contribution in [1.29, 1.82) is 0 Å². The van der Waals surface area contributed by atoms with Gasteiger partial charge < -0.3 is 0 Å². The van der Waals surface area contributed by atoms with Crippen LogP contribution in [0.4, 0.5) is 0 Å². The van der Waals surface area contributed by atoms with Gasteiger partial charge in [-0.1, -0.05) is 12.8 Å². The average molecular weight is 225 g/mol. The number of hydroxylamine groups is 1. The largest absolute Gasteiger partial charge is 0.285 e. The highest BCUT2D eigenvalue weighted by molar-refractivity contribution is 7.12. The molecule has 0 aliphatic heterocycles. The molecule has 3 nitrogen and oxygen atoms in total. The molecule has 1 saturated carbocycles. The molecule has 1 fully saturated rings. The topological polar surface area (TPSA) is 38.3 Å². The van der Waals surface area contributed by atoms with E-state index < -0.39 is 0 Å². The lowest BCUT2D eigenvalue weighted by atomic mass is 10.3. The molecule has 2 rings (SSSR count). The van der Waals surface area contributed by atoms with Crippen LogP contribution in [0.25, 0.3) is 0 Å². The summed E-state index contributed by atoms with van der Waals surface area (Å²) in [5, 5.41) is 1.92. The molecule has 0 atom stereocenters. The molecule has 0 bridgehead atoms. The number of amides is 1. The third kappa shape index (κ3) is 2.58. The molecule has 0 aromatic carbocycles. The second kappa shape index (κ2) is 4.77. The summed E-state index contributed by atoms with van der Waals surface area (Å²) in [6, 6.07) is 1.94. The molecular formula is C11H15NO2S. The smallest absolute Gasteiger partial charge is 0.270 e. The molecule has 1 aliphatic rings. The lowest BCUT2D eigenvalue weighted by Crippen LogP contribution is -2.28. The van der Waals surface area contributed by atoms with Crippen molar-refractivity contribution in [2.75, 3.05) is 0 Å². The SMILES string of the molecule is Cc1ccsc1C(=O)NOC1CCCC1. The fraction of sp³-hybridized carbons (Fsp3) is 0.545. The predicted octanol–water partition coefficient (Wildman–Crippen LogP) is 2.66. The quantitative estimate of drug-likeness (QED) is 0.803. The van der Waals surface area contributed by atoms with Gasteiger partial charge in [0.1, 0.15) is 0 Å². The summed E-state index contributed by atoms with van der Waals surface area (Å²) in [6.45, 7) is 1.93. The maximum atomic E-state index is 11.7. The van der Waals surface area contributed by atoms with Gasteiger partial charge in [0.25, 0.3) is 5.91 Å². The zero-order valence-electron chi connectivity index (χ0n) is 8.79. The first-order valence-electron chi connectivity index (χ1n) is 5.27. The summed E-state index contributed by atoms with van der Waals surface area (Å²) < 4.78 is 0. The highest BCUT2D eigenvalue weighted by atomic mass is 32.1. The van der Waals surface area contributed by atoms with Crippen molar-refractivity contribution in [3.8, 4) is 0 Å². The Labute approximate surface area is 93.4 Å². The highest BCUT2D eigenvalue weighted by Gasteiger charge is 2.18. The molecule has 1 amide bonds. The van der Waals surface area contributed by atoms with Crippen molar-refractivity contribution in [3.63, 3.8) is 0 Å². The first-order chi connectivity index (χ1) is 7.27. The minimum absolute atomic E-state index is 0.116. The van der Waals surface area contributed by atoms with Crippen molar-refractivity contribution < 1.29 is 9.63 Å². The predicted molar refractivity (Wildman–Crippen MR) is 59.9 cm³/mol. The molecule has 1 N–H and O–H groups in total. The van der Waals surface area contributed by atoms with Crippen LogP contribution >= 0.6 is 11.3 Å². The van der Waals surface area contributed by atoms with E-state index >= 15 is 0 Å². The van der Waals surface area contributed by atoms with E-state index in [0.29, 0.717) is 0 Å². The number of nitrogens with one attached hydrogen (secondary N) is 1. The van der Waals surface area contributed by atoms with Gasteiger partial charge >= 0.3 is 0 Å². The molecular weight excluding hydrogens is 210 g/mol. The third-order valence-electron chi connectivity index (χ3n) is 2.69. The molecule has 0 unspecified atom stereocenters. The number of aryl methyl sites for hydroxylation is 1. The van der Waals surface area contributed by atoms with Gasteiger partial charge in [0.2, 0.25) is 0 Å². The van der Waals surface area contributed by atoms with Gasteiger partial charge in [0, 0.05) is 0 Å². The molecule has 1 heterocycles. The van der Waals surface area contributed by atoms with Crippen LogP contribution in [0.5, 0.6) is 0 Å². The van der Waals surface area contributed by atoms with Gasteiger partial charge in [-0.2, -0.15) is 0 Å². The van der Waals surface area contributed by atoms with Crippen LogP contribution in [0.3, 0.4) is 0 Å². The lowest BCUT2D eigenvalue weighted by Gasteiger charge is -2.10. The molecule has 1 aromatic rings. The standard InChI is InChI=1S/C11H15NO2S/c1-8-6-7-15-10(8)11(13)12-14-9-4-2-3-5-9/h6-7,9H,2-5H2,1H3,(H,12,13). The molecule has 82 valence electrons. The van der Waals surface area contributed by atoms with Gasteiger partial charge in [-0.15, -0.1) is 11.3 Å². The van der Waals surface area contributed by atoms with E-state index in [9.17, 15) is 4.79 Å². The number of carbonyl (C=O) groups is 1. The first kappa shape index (κ1) is 10.6. The molecule has 0 spiro atoms. The normalized spacial score (nSPS) is 16.9. The number of hydrogen-bond donors (Lipinski definition) is 1. The van der Waals surface area contributed by atoms with E-state index in [0.717, 1.165) is 23.3 Å². The van der Waals surface area contributed by atoms with Gasteiger partial charge in [-0.25, -0.2) is 5.48 Å². The molecule has 15 heavy (non-hydrogen) atoms.